The van der Waals surface area contributed by atoms with Gasteiger partial charge in [-0.05, 0) is 80.5 Å². The number of Topliss-reactive ketones (excluding diaryl/α,β-unsaturated/α-hetero) is 1. The van der Waals surface area contributed by atoms with Crippen LogP contribution in [0.25, 0.3) is 0 Å². The summed E-state index contributed by atoms with van der Waals surface area (Å²) in [6.45, 7) is 0.428. The van der Waals surface area contributed by atoms with Gasteiger partial charge < -0.3 is 10.4 Å². The van der Waals surface area contributed by atoms with Gasteiger partial charge in [0, 0.05) is 11.1 Å². The highest BCUT2D eigenvalue weighted by molar-refractivity contribution is 5.97. The molecule has 0 atom stereocenters. The zero-order valence-corrected chi connectivity index (χ0v) is 13.6. The van der Waals surface area contributed by atoms with Crippen molar-refractivity contribution in [2.24, 2.45) is 17.8 Å². The largest absolute Gasteiger partial charge is 0.508 e. The van der Waals surface area contributed by atoms with Crippen LogP contribution in [-0.4, -0.2) is 23.0 Å². The number of rotatable bonds is 4. The van der Waals surface area contributed by atoms with Crippen LogP contribution >= 0.6 is 12.4 Å². The van der Waals surface area contributed by atoms with E-state index in [2.05, 4.69) is 5.32 Å². The molecule has 0 unspecified atom stereocenters. The average Bonchev–Trinajstić information content (AvgIpc) is 2.44. The van der Waals surface area contributed by atoms with Gasteiger partial charge in [0.05, 0.1) is 6.54 Å². The van der Waals surface area contributed by atoms with E-state index in [4.69, 9.17) is 0 Å². The Morgan fingerprint density at radius 2 is 1.55 bits per heavy atom. The van der Waals surface area contributed by atoms with Crippen molar-refractivity contribution in [2.75, 3.05) is 6.54 Å². The molecule has 4 bridgehead atoms. The smallest absolute Gasteiger partial charge is 0.176 e. The van der Waals surface area contributed by atoms with Gasteiger partial charge in [-0.2, -0.15) is 0 Å². The molecule has 4 aliphatic rings. The number of phenolic OH excluding ortho intramolecular Hbond substituents is 1. The fourth-order valence-corrected chi connectivity index (χ4v) is 5.34. The van der Waals surface area contributed by atoms with Gasteiger partial charge in [0.1, 0.15) is 5.75 Å². The molecule has 5 rings (SSSR count). The molecular formula is C18H24ClNO2. The number of hydrogen-bond acceptors (Lipinski definition) is 3. The van der Waals surface area contributed by atoms with Gasteiger partial charge in [0.25, 0.3) is 0 Å². The van der Waals surface area contributed by atoms with Crippen molar-refractivity contribution in [1.29, 1.82) is 0 Å². The van der Waals surface area contributed by atoms with Crippen molar-refractivity contribution in [2.45, 2.75) is 44.1 Å². The lowest BCUT2D eigenvalue weighted by Crippen LogP contribution is -2.59. The summed E-state index contributed by atoms with van der Waals surface area (Å²) in [5.74, 6) is 3.03. The number of carbonyl (C=O) groups is 1. The number of nitrogens with one attached hydrogen (secondary N) is 1. The molecule has 0 saturated heterocycles. The summed E-state index contributed by atoms with van der Waals surface area (Å²) >= 11 is 0. The second-order valence-electron chi connectivity index (χ2n) is 7.52. The van der Waals surface area contributed by atoms with Crippen LogP contribution in [0.5, 0.6) is 5.75 Å². The number of aromatic hydroxyl groups is 1. The number of hydrogen-bond donors (Lipinski definition) is 2. The summed E-state index contributed by atoms with van der Waals surface area (Å²) < 4.78 is 0. The van der Waals surface area contributed by atoms with E-state index in [0.29, 0.717) is 12.1 Å². The van der Waals surface area contributed by atoms with Crippen molar-refractivity contribution >= 4 is 18.2 Å². The van der Waals surface area contributed by atoms with E-state index in [-0.39, 0.29) is 29.5 Å². The van der Waals surface area contributed by atoms with Crippen molar-refractivity contribution in [3.05, 3.63) is 29.8 Å². The lowest BCUT2D eigenvalue weighted by molar-refractivity contribution is -0.0186. The monoisotopic (exact) mass is 321 g/mol. The second-order valence-corrected chi connectivity index (χ2v) is 7.52. The highest BCUT2D eigenvalue weighted by Gasteiger charge is 2.50. The Morgan fingerprint density at radius 1 is 1.05 bits per heavy atom. The molecule has 4 aliphatic carbocycles. The summed E-state index contributed by atoms with van der Waals surface area (Å²) in [5, 5.41) is 12.9. The van der Waals surface area contributed by atoms with Crippen molar-refractivity contribution in [3.8, 4) is 5.75 Å². The lowest BCUT2D eigenvalue weighted by atomic mass is 9.53. The van der Waals surface area contributed by atoms with E-state index >= 15 is 0 Å². The van der Waals surface area contributed by atoms with E-state index in [1.54, 1.807) is 24.3 Å². The topological polar surface area (TPSA) is 49.3 Å². The SMILES string of the molecule is Cl.O=C(CNC12CC3CC(CC(C3)C1)C2)c1ccc(O)cc1. The third-order valence-electron chi connectivity index (χ3n) is 5.85. The quantitative estimate of drug-likeness (QED) is 0.834. The van der Waals surface area contributed by atoms with Crippen LogP contribution in [0.4, 0.5) is 0 Å². The van der Waals surface area contributed by atoms with Crippen LogP contribution in [-0.2, 0) is 0 Å². The first-order valence-corrected chi connectivity index (χ1v) is 8.19. The molecule has 0 radical (unpaired) electrons. The van der Waals surface area contributed by atoms with Crippen molar-refractivity contribution in [3.63, 3.8) is 0 Å². The van der Waals surface area contributed by atoms with Gasteiger partial charge in [0.15, 0.2) is 5.78 Å². The van der Waals surface area contributed by atoms with Gasteiger partial charge in [0.2, 0.25) is 0 Å². The summed E-state index contributed by atoms with van der Waals surface area (Å²) in [6, 6.07) is 6.58. The molecule has 22 heavy (non-hydrogen) atoms. The Morgan fingerprint density at radius 3 is 2.05 bits per heavy atom. The fourth-order valence-electron chi connectivity index (χ4n) is 5.34. The second kappa shape index (κ2) is 5.86. The Labute approximate surface area is 137 Å². The van der Waals surface area contributed by atoms with Crippen LogP contribution in [0.15, 0.2) is 24.3 Å². The van der Waals surface area contributed by atoms with Crippen molar-refractivity contribution < 1.29 is 9.90 Å². The first-order chi connectivity index (χ1) is 10.1. The van der Waals surface area contributed by atoms with Crippen LogP contribution in [0.1, 0.15) is 48.9 Å². The zero-order chi connectivity index (χ0) is 14.4. The molecule has 0 aromatic heterocycles. The summed E-state index contributed by atoms with van der Waals surface area (Å²) in [5.41, 5.74) is 0.923. The molecule has 0 amide bonds. The van der Waals surface area contributed by atoms with Gasteiger partial charge in [-0.15, -0.1) is 12.4 Å². The van der Waals surface area contributed by atoms with E-state index in [9.17, 15) is 9.90 Å². The summed E-state index contributed by atoms with van der Waals surface area (Å²) in [7, 11) is 0. The minimum absolute atomic E-state index is 0. The van der Waals surface area contributed by atoms with E-state index in [1.165, 1.54) is 38.5 Å². The first-order valence-electron chi connectivity index (χ1n) is 8.19. The van der Waals surface area contributed by atoms with E-state index < -0.39 is 0 Å². The van der Waals surface area contributed by atoms with E-state index in [0.717, 1.165) is 17.8 Å². The maximum atomic E-state index is 12.3. The van der Waals surface area contributed by atoms with Crippen LogP contribution in [0.3, 0.4) is 0 Å². The van der Waals surface area contributed by atoms with Crippen LogP contribution < -0.4 is 5.32 Å². The first kappa shape index (κ1) is 15.8. The molecule has 4 heteroatoms. The Balaban J connectivity index is 0.00000144. The summed E-state index contributed by atoms with van der Waals surface area (Å²) in [6.07, 6.45) is 8.07. The molecule has 1 aromatic rings. The lowest BCUT2D eigenvalue weighted by Gasteiger charge is -2.57. The fraction of sp³-hybridized carbons (Fsp3) is 0.611. The van der Waals surface area contributed by atoms with Gasteiger partial charge in [-0.1, -0.05) is 0 Å². The highest BCUT2D eigenvalue weighted by atomic mass is 35.5. The zero-order valence-electron chi connectivity index (χ0n) is 12.8. The third-order valence-corrected chi connectivity index (χ3v) is 5.85. The minimum atomic E-state index is 0. The molecule has 1 aromatic carbocycles. The molecular weight excluding hydrogens is 298 g/mol. The maximum Gasteiger partial charge on any atom is 0.176 e. The number of carbonyl (C=O) groups excluding carboxylic acids is 1. The molecule has 0 aliphatic heterocycles. The molecule has 2 N–H and O–H groups in total. The molecule has 3 nitrogen and oxygen atoms in total. The normalized spacial score (nSPS) is 35.2. The maximum absolute atomic E-state index is 12.3. The number of halogens is 1. The molecule has 4 fully saturated rings. The average molecular weight is 322 g/mol. The standard InChI is InChI=1S/C18H23NO2.ClH/c20-16-3-1-15(2-4-16)17(21)11-19-18-8-12-5-13(9-18)7-14(6-12)10-18;/h1-4,12-14,19-20H,5-11H2;1H. The molecule has 0 spiro atoms. The van der Waals surface area contributed by atoms with Crippen LogP contribution in [0, 0.1) is 17.8 Å². The van der Waals surface area contributed by atoms with Crippen molar-refractivity contribution in [1.82, 2.24) is 5.32 Å². The third kappa shape index (κ3) is 2.89. The number of ketones is 1. The highest BCUT2D eigenvalue weighted by Crippen LogP contribution is 2.55. The van der Waals surface area contributed by atoms with E-state index in [1.807, 2.05) is 0 Å². The summed E-state index contributed by atoms with van der Waals surface area (Å²) in [4.78, 5) is 12.3. The van der Waals surface area contributed by atoms with Crippen LogP contribution in [0.2, 0.25) is 0 Å². The number of phenols is 1. The molecule has 0 heterocycles. The Bertz CT molecular complexity index is 519. The van der Waals surface area contributed by atoms with Gasteiger partial charge in [-0.3, -0.25) is 4.79 Å². The minimum Gasteiger partial charge on any atom is -0.508 e. The number of benzene rings is 1. The molecule has 120 valence electrons. The Hall–Kier alpha value is -1.06. The van der Waals surface area contributed by atoms with Gasteiger partial charge in [-0.25, -0.2) is 0 Å². The predicted octanol–water partition coefficient (Wildman–Crippen LogP) is 3.56. The molecule has 4 saturated carbocycles. The predicted molar refractivity (Wildman–Crippen MR) is 88.6 cm³/mol. The Kier molecular flexibility index (Phi) is 4.21. The van der Waals surface area contributed by atoms with Gasteiger partial charge >= 0.3 is 0 Å².